The highest BCUT2D eigenvalue weighted by atomic mass is 16.5. The summed E-state index contributed by atoms with van der Waals surface area (Å²) in [4.78, 5) is 20.6. The first-order chi connectivity index (χ1) is 15.6. The molecule has 0 saturated heterocycles. The van der Waals surface area contributed by atoms with Crippen LogP contribution < -0.4 is 15.2 Å². The van der Waals surface area contributed by atoms with Gasteiger partial charge in [0.05, 0.1) is 30.6 Å². The summed E-state index contributed by atoms with van der Waals surface area (Å²) in [5, 5.41) is 0.629. The van der Waals surface area contributed by atoms with Crippen molar-refractivity contribution in [1.82, 2.24) is 9.55 Å². The van der Waals surface area contributed by atoms with Crippen molar-refractivity contribution in [3.8, 4) is 5.75 Å². The van der Waals surface area contributed by atoms with Crippen molar-refractivity contribution in [3.05, 3.63) is 100 Å². The van der Waals surface area contributed by atoms with Crippen LogP contribution in [0.3, 0.4) is 0 Å². The number of rotatable bonds is 4. The molecular weight excluding hydrogens is 398 g/mol. The second kappa shape index (κ2) is 8.00. The van der Waals surface area contributed by atoms with Gasteiger partial charge in [-0.3, -0.25) is 9.36 Å². The molecule has 1 unspecified atom stereocenters. The second-order valence-corrected chi connectivity index (χ2v) is 8.13. The van der Waals surface area contributed by atoms with Crippen LogP contribution in [0.4, 0.5) is 5.69 Å². The summed E-state index contributed by atoms with van der Waals surface area (Å²) < 4.78 is 7.24. The molecule has 0 N–H and O–H groups in total. The van der Waals surface area contributed by atoms with Crippen molar-refractivity contribution in [1.29, 1.82) is 0 Å². The molecule has 4 aromatic rings. The minimum Gasteiger partial charge on any atom is -0.497 e. The van der Waals surface area contributed by atoms with Crippen LogP contribution in [0.5, 0.6) is 5.75 Å². The monoisotopic (exact) mass is 423 g/mol. The molecule has 5 nitrogen and oxygen atoms in total. The van der Waals surface area contributed by atoms with E-state index in [1.165, 1.54) is 0 Å². The molecule has 0 spiro atoms. The van der Waals surface area contributed by atoms with Crippen LogP contribution in [0.15, 0.2) is 77.6 Å². The summed E-state index contributed by atoms with van der Waals surface area (Å²) >= 11 is 0. The number of hydrogen-bond acceptors (Lipinski definition) is 4. The molecule has 5 rings (SSSR count). The van der Waals surface area contributed by atoms with E-state index in [2.05, 4.69) is 37.1 Å². The molecule has 0 saturated carbocycles. The fraction of sp³-hybridized carbons (Fsp3) is 0.185. The zero-order valence-corrected chi connectivity index (χ0v) is 18.4. The third kappa shape index (κ3) is 3.36. The average Bonchev–Trinajstić information content (AvgIpc) is 3.06. The Balaban J connectivity index is 1.73. The van der Waals surface area contributed by atoms with Crippen LogP contribution in [-0.4, -0.2) is 29.8 Å². The molecule has 5 heteroatoms. The van der Waals surface area contributed by atoms with Gasteiger partial charge in [0.15, 0.2) is 0 Å². The Hall–Kier alpha value is -3.86. The topological polar surface area (TPSA) is 47.4 Å². The van der Waals surface area contributed by atoms with Crippen LogP contribution >= 0.6 is 0 Å². The molecule has 0 aliphatic carbocycles. The largest absolute Gasteiger partial charge is 0.497 e. The molecule has 1 aliphatic rings. The molecular formula is C27H25N3O2. The average molecular weight is 424 g/mol. The Labute approximate surface area is 187 Å². The quantitative estimate of drug-likeness (QED) is 0.472. The summed E-state index contributed by atoms with van der Waals surface area (Å²) in [6.45, 7) is 2.63. The molecule has 0 amide bonds. The van der Waals surface area contributed by atoms with Crippen molar-refractivity contribution in [2.45, 2.75) is 19.5 Å². The summed E-state index contributed by atoms with van der Waals surface area (Å²) in [6, 6.07) is 23.8. The fourth-order valence-electron chi connectivity index (χ4n) is 4.37. The number of methoxy groups -OCH3 is 1. The Morgan fingerprint density at radius 2 is 1.78 bits per heavy atom. The van der Waals surface area contributed by atoms with Crippen LogP contribution in [-0.2, 0) is 6.54 Å². The number of ether oxygens (including phenoxy) is 1. The van der Waals surface area contributed by atoms with Crippen LogP contribution in [0, 0.1) is 0 Å². The van der Waals surface area contributed by atoms with E-state index in [9.17, 15) is 4.79 Å². The molecule has 1 atom stereocenters. The minimum absolute atomic E-state index is 0.0313. The summed E-state index contributed by atoms with van der Waals surface area (Å²) in [5.74, 6) is 1.47. The van der Waals surface area contributed by atoms with Gasteiger partial charge in [-0.2, -0.15) is 0 Å². The number of anilines is 1. The Morgan fingerprint density at radius 3 is 2.56 bits per heavy atom. The predicted molar refractivity (Wildman–Crippen MR) is 130 cm³/mol. The highest BCUT2D eigenvalue weighted by molar-refractivity contribution is 5.95. The maximum atomic E-state index is 13.5. The molecule has 2 heterocycles. The number of para-hydroxylation sites is 1. The van der Waals surface area contributed by atoms with E-state index in [0.717, 1.165) is 28.1 Å². The summed E-state index contributed by atoms with van der Waals surface area (Å²) in [5.41, 5.74) is 5.10. The van der Waals surface area contributed by atoms with Gasteiger partial charge in [-0.15, -0.1) is 0 Å². The lowest BCUT2D eigenvalue weighted by atomic mass is 10.0. The number of fused-ring (bicyclic) bond motifs is 2. The van der Waals surface area contributed by atoms with Crippen molar-refractivity contribution in [2.75, 3.05) is 19.1 Å². The van der Waals surface area contributed by atoms with Gasteiger partial charge in [-0.1, -0.05) is 42.5 Å². The van der Waals surface area contributed by atoms with Gasteiger partial charge < -0.3 is 9.64 Å². The molecule has 3 aromatic carbocycles. The first kappa shape index (κ1) is 20.1. The van der Waals surface area contributed by atoms with Crippen molar-refractivity contribution < 1.29 is 4.74 Å². The van der Waals surface area contributed by atoms with Crippen molar-refractivity contribution in [3.63, 3.8) is 0 Å². The summed E-state index contributed by atoms with van der Waals surface area (Å²) in [6.07, 6.45) is 2.06. The fourth-order valence-corrected chi connectivity index (χ4v) is 4.37. The maximum absolute atomic E-state index is 13.5. The van der Waals surface area contributed by atoms with Gasteiger partial charge in [0.25, 0.3) is 5.56 Å². The number of likely N-dealkylation sites (N-methyl/N-ethyl adjacent to an activating group) is 1. The number of aromatic nitrogens is 2. The van der Waals surface area contributed by atoms with Crippen molar-refractivity contribution >= 4 is 28.2 Å². The zero-order valence-electron chi connectivity index (χ0n) is 18.4. The highest BCUT2D eigenvalue weighted by Gasteiger charge is 2.29. The van der Waals surface area contributed by atoms with Gasteiger partial charge in [0, 0.05) is 18.3 Å². The van der Waals surface area contributed by atoms with Gasteiger partial charge in [-0.05, 0) is 54.5 Å². The van der Waals surface area contributed by atoms with Gasteiger partial charge in [0.2, 0.25) is 0 Å². The Morgan fingerprint density at radius 1 is 1.03 bits per heavy atom. The van der Waals surface area contributed by atoms with E-state index in [0.29, 0.717) is 23.3 Å². The maximum Gasteiger partial charge on any atom is 0.261 e. The van der Waals surface area contributed by atoms with Crippen LogP contribution in [0.2, 0.25) is 0 Å². The molecule has 0 radical (unpaired) electrons. The van der Waals surface area contributed by atoms with Crippen LogP contribution in [0.25, 0.3) is 22.6 Å². The lowest BCUT2D eigenvalue weighted by molar-refractivity contribution is 0.415. The highest BCUT2D eigenvalue weighted by Crippen LogP contribution is 2.41. The molecule has 160 valence electrons. The Kier molecular flexibility index (Phi) is 5.02. The smallest absolute Gasteiger partial charge is 0.261 e. The SMILES string of the molecule is COc1ccc2c(c1)C(=Cc1nc3ccccc3c(=O)n1Cc1ccccc1)C(C)N2C. The van der Waals surface area contributed by atoms with E-state index in [1.54, 1.807) is 11.7 Å². The minimum atomic E-state index is -0.0313. The predicted octanol–water partition coefficient (Wildman–Crippen LogP) is 4.83. The molecule has 1 aromatic heterocycles. The Bertz CT molecular complexity index is 1390. The van der Waals surface area contributed by atoms with E-state index >= 15 is 0 Å². The number of benzene rings is 3. The number of nitrogens with zero attached hydrogens (tertiary/aromatic N) is 3. The van der Waals surface area contributed by atoms with Gasteiger partial charge in [0.1, 0.15) is 11.6 Å². The van der Waals surface area contributed by atoms with E-state index in [1.807, 2.05) is 60.7 Å². The first-order valence-electron chi connectivity index (χ1n) is 10.7. The van der Waals surface area contributed by atoms with Crippen molar-refractivity contribution in [2.24, 2.45) is 0 Å². The standard InChI is InChI=1S/C27H25N3O2/c1-18-22(23-15-20(32-3)13-14-25(23)29(18)2)16-26-28-24-12-8-7-11-21(24)27(31)30(26)17-19-9-5-4-6-10-19/h4-16,18H,17H2,1-3H3. The van der Waals surface area contributed by atoms with Gasteiger partial charge in [-0.25, -0.2) is 4.98 Å². The molecule has 0 fully saturated rings. The second-order valence-electron chi connectivity index (χ2n) is 8.13. The van der Waals surface area contributed by atoms with Crippen LogP contribution in [0.1, 0.15) is 23.9 Å². The van der Waals surface area contributed by atoms with E-state index in [4.69, 9.17) is 9.72 Å². The number of hydrogen-bond donors (Lipinski definition) is 0. The molecule has 0 bridgehead atoms. The van der Waals surface area contributed by atoms with E-state index in [-0.39, 0.29) is 11.6 Å². The lowest BCUT2D eigenvalue weighted by Gasteiger charge is -2.19. The molecule has 32 heavy (non-hydrogen) atoms. The van der Waals surface area contributed by atoms with E-state index < -0.39 is 0 Å². The lowest BCUT2D eigenvalue weighted by Crippen LogP contribution is -2.26. The normalized spacial score (nSPS) is 16.5. The molecule has 1 aliphatic heterocycles. The first-order valence-corrected chi connectivity index (χ1v) is 10.7. The summed E-state index contributed by atoms with van der Waals surface area (Å²) in [7, 11) is 3.76. The third-order valence-electron chi connectivity index (χ3n) is 6.29. The third-order valence-corrected chi connectivity index (χ3v) is 6.29. The van der Waals surface area contributed by atoms with Gasteiger partial charge >= 0.3 is 0 Å². The zero-order chi connectivity index (χ0) is 22.2.